The van der Waals surface area contributed by atoms with E-state index in [-0.39, 0.29) is 12.7 Å². The lowest BCUT2D eigenvalue weighted by Gasteiger charge is -2.15. The van der Waals surface area contributed by atoms with Gasteiger partial charge in [-0.1, -0.05) is 31.5 Å². The number of fused-ring (bicyclic) bond motifs is 1. The first-order valence-corrected chi connectivity index (χ1v) is 9.27. The number of rotatable bonds is 6. The van der Waals surface area contributed by atoms with Gasteiger partial charge in [-0.2, -0.15) is 5.10 Å². The summed E-state index contributed by atoms with van der Waals surface area (Å²) in [7, 11) is 1.76. The van der Waals surface area contributed by atoms with Crippen molar-refractivity contribution < 1.29 is 14.3 Å². The summed E-state index contributed by atoms with van der Waals surface area (Å²) in [5, 5.41) is 5.02. The Morgan fingerprint density at radius 1 is 1.37 bits per heavy atom. The number of halogens is 1. The molecule has 0 radical (unpaired) electrons. The van der Waals surface area contributed by atoms with Crippen LogP contribution in [0.15, 0.2) is 24.3 Å². The van der Waals surface area contributed by atoms with Crippen molar-refractivity contribution >= 4 is 23.6 Å². The molecule has 0 aliphatic carbocycles. The van der Waals surface area contributed by atoms with E-state index in [1.165, 1.54) is 6.08 Å². The number of carbonyl (C=O) groups is 1. The van der Waals surface area contributed by atoms with Crippen molar-refractivity contribution in [2.75, 3.05) is 13.8 Å². The van der Waals surface area contributed by atoms with Crippen molar-refractivity contribution in [3.63, 3.8) is 0 Å². The fourth-order valence-corrected chi connectivity index (χ4v) is 3.20. The molecule has 7 heteroatoms. The maximum Gasteiger partial charge on any atom is 0.246 e. The van der Waals surface area contributed by atoms with Crippen LogP contribution in [0, 0.1) is 12.8 Å². The summed E-state index contributed by atoms with van der Waals surface area (Å²) < 4.78 is 12.5. The highest BCUT2D eigenvalue weighted by molar-refractivity contribution is 6.31. The number of hydrogen-bond donors (Lipinski definition) is 0. The highest BCUT2D eigenvalue weighted by atomic mass is 35.5. The minimum atomic E-state index is -0.111. The van der Waals surface area contributed by atoms with E-state index in [2.05, 4.69) is 18.9 Å². The topological polar surface area (TPSA) is 56.6 Å². The van der Waals surface area contributed by atoms with E-state index in [9.17, 15) is 4.79 Å². The molecular formula is C20H24ClN3O3. The Balaban J connectivity index is 1.67. The van der Waals surface area contributed by atoms with Gasteiger partial charge in [0.25, 0.3) is 0 Å². The summed E-state index contributed by atoms with van der Waals surface area (Å²) in [4.78, 5) is 14.1. The summed E-state index contributed by atoms with van der Waals surface area (Å²) in [6, 6.07) is 5.68. The molecule has 0 atom stereocenters. The molecule has 6 nitrogen and oxygen atoms in total. The van der Waals surface area contributed by atoms with Crippen LogP contribution >= 0.6 is 11.6 Å². The molecule has 0 spiro atoms. The second-order valence-corrected chi connectivity index (χ2v) is 7.44. The quantitative estimate of drug-likeness (QED) is 0.703. The summed E-state index contributed by atoms with van der Waals surface area (Å²) in [6.45, 7) is 7.56. The highest BCUT2D eigenvalue weighted by Gasteiger charge is 2.16. The van der Waals surface area contributed by atoms with Crippen molar-refractivity contribution in [1.82, 2.24) is 14.7 Å². The van der Waals surface area contributed by atoms with Gasteiger partial charge in [-0.05, 0) is 36.6 Å². The first-order valence-electron chi connectivity index (χ1n) is 8.89. The van der Waals surface area contributed by atoms with Crippen LogP contribution in [0.4, 0.5) is 0 Å². The largest absolute Gasteiger partial charge is 0.454 e. The first kappa shape index (κ1) is 19.3. The lowest BCUT2D eigenvalue weighted by Crippen LogP contribution is -2.24. The van der Waals surface area contributed by atoms with Crippen LogP contribution in [0.2, 0.25) is 5.15 Å². The lowest BCUT2D eigenvalue weighted by molar-refractivity contribution is -0.125. The maximum atomic E-state index is 12.5. The molecule has 2 aromatic rings. The third-order valence-corrected chi connectivity index (χ3v) is 4.67. The minimum absolute atomic E-state index is 0.111. The van der Waals surface area contributed by atoms with E-state index in [0.717, 1.165) is 29.1 Å². The van der Waals surface area contributed by atoms with Gasteiger partial charge in [0.1, 0.15) is 5.15 Å². The number of carbonyl (C=O) groups excluding carboxylic acids is 1. The maximum absolute atomic E-state index is 12.5. The number of nitrogens with zero attached hydrogens (tertiary/aromatic N) is 3. The van der Waals surface area contributed by atoms with Gasteiger partial charge in [-0.3, -0.25) is 9.48 Å². The average Bonchev–Trinajstić information content (AvgIpc) is 3.17. The van der Waals surface area contributed by atoms with Crippen molar-refractivity contribution in [3.05, 3.63) is 46.2 Å². The monoisotopic (exact) mass is 389 g/mol. The van der Waals surface area contributed by atoms with Crippen molar-refractivity contribution in [2.45, 2.75) is 33.9 Å². The zero-order valence-electron chi connectivity index (χ0n) is 16.0. The van der Waals surface area contributed by atoms with E-state index in [1.807, 2.05) is 25.1 Å². The van der Waals surface area contributed by atoms with Crippen LogP contribution in [-0.4, -0.2) is 34.4 Å². The number of aryl methyl sites for hydroxylation is 1. The molecule has 1 aliphatic heterocycles. The molecule has 1 amide bonds. The Morgan fingerprint density at radius 2 is 2.11 bits per heavy atom. The van der Waals surface area contributed by atoms with Gasteiger partial charge in [0, 0.05) is 31.8 Å². The van der Waals surface area contributed by atoms with E-state index in [1.54, 1.807) is 22.7 Å². The Hall–Kier alpha value is -2.47. The van der Waals surface area contributed by atoms with Crippen LogP contribution in [-0.2, 0) is 17.9 Å². The van der Waals surface area contributed by atoms with Gasteiger partial charge in [0.05, 0.1) is 5.69 Å². The fourth-order valence-electron chi connectivity index (χ4n) is 2.90. The molecule has 1 aliphatic rings. The molecule has 0 N–H and O–H groups in total. The minimum Gasteiger partial charge on any atom is -0.454 e. The zero-order valence-corrected chi connectivity index (χ0v) is 16.8. The average molecular weight is 390 g/mol. The van der Waals surface area contributed by atoms with E-state index < -0.39 is 0 Å². The van der Waals surface area contributed by atoms with E-state index >= 15 is 0 Å². The molecule has 144 valence electrons. The smallest absolute Gasteiger partial charge is 0.246 e. The predicted molar refractivity (Wildman–Crippen MR) is 105 cm³/mol. The third kappa shape index (κ3) is 4.45. The number of ether oxygens (including phenoxy) is 2. The van der Waals surface area contributed by atoms with Gasteiger partial charge in [0.2, 0.25) is 12.7 Å². The summed E-state index contributed by atoms with van der Waals surface area (Å²) in [6.07, 6.45) is 3.27. The first-order chi connectivity index (χ1) is 12.8. The van der Waals surface area contributed by atoms with Crippen molar-refractivity contribution in [2.24, 2.45) is 5.92 Å². The van der Waals surface area contributed by atoms with Crippen molar-refractivity contribution in [3.8, 4) is 11.5 Å². The van der Waals surface area contributed by atoms with Gasteiger partial charge in [0.15, 0.2) is 11.5 Å². The number of likely N-dealkylation sites (N-methyl/N-ethyl adjacent to an activating group) is 1. The van der Waals surface area contributed by atoms with E-state index in [0.29, 0.717) is 23.4 Å². The molecule has 1 aromatic carbocycles. The van der Waals surface area contributed by atoms with Gasteiger partial charge in [-0.15, -0.1) is 0 Å². The second kappa shape index (κ2) is 8.05. The lowest BCUT2D eigenvalue weighted by atomic mass is 10.2. The normalized spacial score (nSPS) is 13.0. The summed E-state index contributed by atoms with van der Waals surface area (Å²) >= 11 is 6.42. The van der Waals surface area contributed by atoms with Crippen LogP contribution < -0.4 is 9.47 Å². The van der Waals surface area contributed by atoms with Crippen LogP contribution in [0.5, 0.6) is 11.5 Å². The van der Waals surface area contributed by atoms with Gasteiger partial charge >= 0.3 is 0 Å². The van der Waals surface area contributed by atoms with Gasteiger partial charge in [-0.25, -0.2) is 0 Å². The molecule has 2 heterocycles. The SMILES string of the molecule is Cc1nn(CC(C)C)c(Cl)c1/C=C\C(=O)N(C)Cc1ccc2c(c1)OCO2. The molecule has 3 rings (SSSR count). The Kier molecular flexibility index (Phi) is 5.75. The molecule has 0 saturated heterocycles. The van der Waals surface area contributed by atoms with Crippen molar-refractivity contribution in [1.29, 1.82) is 0 Å². The molecule has 1 aromatic heterocycles. The van der Waals surface area contributed by atoms with Gasteiger partial charge < -0.3 is 14.4 Å². The summed E-state index contributed by atoms with van der Waals surface area (Å²) in [5.41, 5.74) is 2.56. The second-order valence-electron chi connectivity index (χ2n) is 7.08. The molecule has 27 heavy (non-hydrogen) atoms. The predicted octanol–water partition coefficient (Wildman–Crippen LogP) is 3.90. The zero-order chi connectivity index (χ0) is 19.6. The van der Waals surface area contributed by atoms with Crippen LogP contribution in [0.25, 0.3) is 6.08 Å². The number of hydrogen-bond acceptors (Lipinski definition) is 4. The third-order valence-electron chi connectivity index (χ3n) is 4.27. The summed E-state index contributed by atoms with van der Waals surface area (Å²) in [5.74, 6) is 1.77. The molecule has 0 unspecified atom stereocenters. The number of aromatic nitrogens is 2. The Morgan fingerprint density at radius 3 is 2.85 bits per heavy atom. The molecule has 0 bridgehead atoms. The Bertz CT molecular complexity index is 874. The molecule has 0 saturated carbocycles. The van der Waals surface area contributed by atoms with Crippen LogP contribution in [0.1, 0.15) is 30.7 Å². The fraction of sp³-hybridized carbons (Fsp3) is 0.400. The van der Waals surface area contributed by atoms with Crippen LogP contribution in [0.3, 0.4) is 0 Å². The highest BCUT2D eigenvalue weighted by Crippen LogP contribution is 2.32. The van der Waals surface area contributed by atoms with E-state index in [4.69, 9.17) is 21.1 Å². The number of benzene rings is 1. The molecule has 0 fully saturated rings. The number of amides is 1. The molecular weight excluding hydrogens is 366 g/mol. The standard InChI is InChI=1S/C20H24ClN3O3/c1-13(2)10-24-20(21)16(14(3)22-24)6-8-19(25)23(4)11-15-5-7-17-18(9-15)27-12-26-17/h5-9,13H,10-12H2,1-4H3/b8-6-. The Labute approximate surface area is 164 Å².